The highest BCUT2D eigenvalue weighted by molar-refractivity contribution is 7.07. The van der Waals surface area contributed by atoms with Gasteiger partial charge in [-0.15, -0.1) is 21.5 Å². The summed E-state index contributed by atoms with van der Waals surface area (Å²) in [5, 5.41) is 9.88. The molecule has 0 unspecified atom stereocenters. The van der Waals surface area contributed by atoms with E-state index in [1.165, 1.54) is 11.3 Å². The minimum Gasteiger partial charge on any atom is -0.497 e. The van der Waals surface area contributed by atoms with Gasteiger partial charge in [-0.1, -0.05) is 0 Å². The van der Waals surface area contributed by atoms with E-state index >= 15 is 0 Å². The van der Waals surface area contributed by atoms with Gasteiger partial charge in [0.25, 0.3) is 11.8 Å². The molecule has 102 valence electrons. The summed E-state index contributed by atoms with van der Waals surface area (Å²) in [5.74, 6) is 2.08. The van der Waals surface area contributed by atoms with Crippen molar-refractivity contribution in [1.29, 1.82) is 0 Å². The normalized spacial score (nSPS) is 10.5. The number of aromatic nitrogens is 3. The maximum absolute atomic E-state index is 5.63. The van der Waals surface area contributed by atoms with Crippen molar-refractivity contribution in [3.05, 3.63) is 29.1 Å². The van der Waals surface area contributed by atoms with Crippen molar-refractivity contribution >= 4 is 11.3 Å². The van der Waals surface area contributed by atoms with E-state index in [4.69, 9.17) is 13.9 Å². The highest BCUT2D eigenvalue weighted by atomic mass is 32.1. The molecule has 0 atom stereocenters. The largest absolute Gasteiger partial charge is 0.497 e. The molecule has 0 aliphatic carbocycles. The van der Waals surface area contributed by atoms with Crippen LogP contribution in [0.15, 0.2) is 33.5 Å². The van der Waals surface area contributed by atoms with Crippen LogP contribution < -0.4 is 9.47 Å². The van der Waals surface area contributed by atoms with Crippen LogP contribution in [0, 0.1) is 0 Å². The Morgan fingerprint density at radius 3 is 2.65 bits per heavy atom. The van der Waals surface area contributed by atoms with E-state index in [0.29, 0.717) is 34.5 Å². The SMILES string of the molecule is COc1ccc(-c2nnc(-c3cscn3)o2)c(OC)c1. The number of benzene rings is 1. The van der Waals surface area contributed by atoms with Gasteiger partial charge >= 0.3 is 0 Å². The predicted octanol–water partition coefficient (Wildman–Crippen LogP) is 2.88. The molecule has 0 radical (unpaired) electrons. The number of ether oxygens (including phenoxy) is 2. The molecule has 3 aromatic rings. The van der Waals surface area contributed by atoms with Crippen molar-refractivity contribution in [2.24, 2.45) is 0 Å². The Labute approximate surface area is 119 Å². The van der Waals surface area contributed by atoms with Gasteiger partial charge in [-0.25, -0.2) is 4.98 Å². The lowest BCUT2D eigenvalue weighted by molar-refractivity contribution is 0.394. The number of hydrogen-bond donors (Lipinski definition) is 0. The van der Waals surface area contributed by atoms with Gasteiger partial charge in [-0.05, 0) is 12.1 Å². The van der Waals surface area contributed by atoms with Crippen LogP contribution in [0.2, 0.25) is 0 Å². The van der Waals surface area contributed by atoms with E-state index in [1.807, 2.05) is 17.5 Å². The first-order valence-electron chi connectivity index (χ1n) is 5.76. The third-order valence-corrected chi connectivity index (χ3v) is 3.30. The molecular formula is C13H11N3O3S. The van der Waals surface area contributed by atoms with E-state index in [1.54, 1.807) is 25.8 Å². The first-order valence-corrected chi connectivity index (χ1v) is 6.70. The third kappa shape index (κ3) is 2.23. The van der Waals surface area contributed by atoms with E-state index in [-0.39, 0.29) is 0 Å². The Hall–Kier alpha value is -2.41. The summed E-state index contributed by atoms with van der Waals surface area (Å²) in [4.78, 5) is 4.13. The molecule has 0 aliphatic heterocycles. The van der Waals surface area contributed by atoms with E-state index < -0.39 is 0 Å². The van der Waals surface area contributed by atoms with Gasteiger partial charge in [0.2, 0.25) is 0 Å². The minimum absolute atomic E-state index is 0.382. The summed E-state index contributed by atoms with van der Waals surface area (Å²) in [6.07, 6.45) is 0. The lowest BCUT2D eigenvalue weighted by Crippen LogP contribution is -1.90. The predicted molar refractivity (Wildman–Crippen MR) is 73.9 cm³/mol. The Kier molecular flexibility index (Phi) is 3.34. The van der Waals surface area contributed by atoms with Crippen molar-refractivity contribution < 1.29 is 13.9 Å². The van der Waals surface area contributed by atoms with Crippen LogP contribution >= 0.6 is 11.3 Å². The molecule has 0 saturated carbocycles. The Morgan fingerprint density at radius 1 is 1.10 bits per heavy atom. The molecule has 0 N–H and O–H groups in total. The fourth-order valence-electron chi connectivity index (χ4n) is 1.73. The van der Waals surface area contributed by atoms with Gasteiger partial charge < -0.3 is 13.9 Å². The molecule has 0 bridgehead atoms. The second-order valence-electron chi connectivity index (χ2n) is 3.85. The van der Waals surface area contributed by atoms with E-state index in [0.717, 1.165) is 0 Å². The lowest BCUT2D eigenvalue weighted by Gasteiger charge is -2.07. The van der Waals surface area contributed by atoms with Gasteiger partial charge in [0.15, 0.2) is 0 Å². The van der Waals surface area contributed by atoms with E-state index in [2.05, 4.69) is 15.2 Å². The van der Waals surface area contributed by atoms with Gasteiger partial charge in [-0.3, -0.25) is 0 Å². The van der Waals surface area contributed by atoms with Crippen LogP contribution in [0.25, 0.3) is 23.0 Å². The zero-order valence-corrected chi connectivity index (χ0v) is 11.7. The van der Waals surface area contributed by atoms with Crippen LogP contribution in [0.5, 0.6) is 11.5 Å². The molecule has 1 aromatic carbocycles. The zero-order chi connectivity index (χ0) is 13.9. The van der Waals surface area contributed by atoms with Crippen LogP contribution in [-0.2, 0) is 0 Å². The van der Waals surface area contributed by atoms with Crippen LogP contribution in [0.1, 0.15) is 0 Å². The number of nitrogens with zero attached hydrogens (tertiary/aromatic N) is 3. The number of methoxy groups -OCH3 is 2. The fraction of sp³-hybridized carbons (Fsp3) is 0.154. The molecule has 0 saturated heterocycles. The molecule has 0 fully saturated rings. The minimum atomic E-state index is 0.382. The van der Waals surface area contributed by atoms with Gasteiger partial charge in [0.05, 0.1) is 25.3 Å². The first kappa shape index (κ1) is 12.6. The molecule has 0 spiro atoms. The van der Waals surface area contributed by atoms with Crippen LogP contribution in [0.4, 0.5) is 0 Å². The summed E-state index contributed by atoms with van der Waals surface area (Å²) < 4.78 is 16.1. The van der Waals surface area contributed by atoms with Crippen molar-refractivity contribution in [3.8, 4) is 34.5 Å². The molecular weight excluding hydrogens is 278 g/mol. The molecule has 20 heavy (non-hydrogen) atoms. The number of hydrogen-bond acceptors (Lipinski definition) is 7. The molecule has 6 nitrogen and oxygen atoms in total. The third-order valence-electron chi connectivity index (χ3n) is 2.72. The maximum atomic E-state index is 5.63. The average Bonchev–Trinajstić information content (AvgIpc) is 3.17. The Bertz CT molecular complexity index is 709. The van der Waals surface area contributed by atoms with Crippen LogP contribution in [-0.4, -0.2) is 29.4 Å². The molecule has 3 rings (SSSR count). The smallest absolute Gasteiger partial charge is 0.267 e. The quantitative estimate of drug-likeness (QED) is 0.735. The monoisotopic (exact) mass is 289 g/mol. The molecule has 0 aliphatic rings. The molecule has 2 aromatic heterocycles. The second-order valence-corrected chi connectivity index (χ2v) is 4.57. The van der Waals surface area contributed by atoms with E-state index in [9.17, 15) is 0 Å². The average molecular weight is 289 g/mol. The first-order chi connectivity index (χ1) is 9.81. The van der Waals surface area contributed by atoms with Gasteiger partial charge in [0.1, 0.15) is 17.2 Å². The molecule has 0 amide bonds. The number of rotatable bonds is 4. The maximum Gasteiger partial charge on any atom is 0.267 e. The summed E-state index contributed by atoms with van der Waals surface area (Å²) in [6.45, 7) is 0. The second kappa shape index (κ2) is 5.30. The highest BCUT2D eigenvalue weighted by Crippen LogP contribution is 2.33. The van der Waals surface area contributed by atoms with Crippen molar-refractivity contribution in [3.63, 3.8) is 0 Å². The molecule has 2 heterocycles. The van der Waals surface area contributed by atoms with Crippen molar-refractivity contribution in [1.82, 2.24) is 15.2 Å². The van der Waals surface area contributed by atoms with Gasteiger partial charge in [-0.2, -0.15) is 0 Å². The van der Waals surface area contributed by atoms with Gasteiger partial charge in [0, 0.05) is 11.4 Å². The summed E-state index contributed by atoms with van der Waals surface area (Å²) in [6, 6.07) is 5.39. The fourth-order valence-corrected chi connectivity index (χ4v) is 2.25. The lowest BCUT2D eigenvalue weighted by atomic mass is 10.2. The standard InChI is InChI=1S/C13H11N3O3S/c1-17-8-3-4-9(11(5-8)18-2)12-15-16-13(19-12)10-6-20-7-14-10/h3-7H,1-2H3. The zero-order valence-electron chi connectivity index (χ0n) is 10.9. The number of thiazole rings is 1. The topological polar surface area (TPSA) is 70.3 Å². The summed E-state index contributed by atoms with van der Waals surface area (Å²) in [7, 11) is 3.18. The molecule has 7 heteroatoms. The Morgan fingerprint density at radius 2 is 1.95 bits per heavy atom. The van der Waals surface area contributed by atoms with Crippen LogP contribution in [0.3, 0.4) is 0 Å². The summed E-state index contributed by atoms with van der Waals surface area (Å²) in [5.41, 5.74) is 3.09. The summed E-state index contributed by atoms with van der Waals surface area (Å²) >= 11 is 1.47. The van der Waals surface area contributed by atoms with Crippen molar-refractivity contribution in [2.75, 3.05) is 14.2 Å². The van der Waals surface area contributed by atoms with Crippen molar-refractivity contribution in [2.45, 2.75) is 0 Å². The Balaban J connectivity index is 2.01. The highest BCUT2D eigenvalue weighted by Gasteiger charge is 2.16.